The van der Waals surface area contributed by atoms with Gasteiger partial charge < -0.3 is 10.1 Å². The molecule has 1 aliphatic carbocycles. The Labute approximate surface area is 120 Å². The van der Waals surface area contributed by atoms with E-state index in [2.05, 4.69) is 39.9 Å². The Morgan fingerprint density at radius 2 is 1.79 bits per heavy atom. The minimum atomic E-state index is 0.107. The summed E-state index contributed by atoms with van der Waals surface area (Å²) in [7, 11) is 0. The van der Waals surface area contributed by atoms with E-state index < -0.39 is 0 Å². The lowest BCUT2D eigenvalue weighted by molar-refractivity contribution is -0.114. The SMILES string of the molecule is CCCNCC1(OC(C)CC)CCC(C(C)C)CC1. The van der Waals surface area contributed by atoms with Gasteiger partial charge in [0.2, 0.25) is 0 Å². The van der Waals surface area contributed by atoms with Crippen LogP contribution in [0.5, 0.6) is 0 Å². The van der Waals surface area contributed by atoms with Crippen LogP contribution in [-0.4, -0.2) is 24.8 Å². The summed E-state index contributed by atoms with van der Waals surface area (Å²) in [6, 6.07) is 0. The standard InChI is InChI=1S/C17H35NO/c1-6-12-18-13-17(19-15(5)7-2)10-8-16(9-11-17)14(3)4/h14-16,18H,6-13H2,1-5H3. The van der Waals surface area contributed by atoms with Crippen LogP contribution in [0.3, 0.4) is 0 Å². The molecule has 1 atom stereocenters. The number of hydrogen-bond acceptors (Lipinski definition) is 2. The normalized spacial score (nSPS) is 29.7. The molecule has 0 bridgehead atoms. The second kappa shape index (κ2) is 8.26. The molecule has 0 spiro atoms. The fourth-order valence-corrected chi connectivity index (χ4v) is 3.17. The van der Waals surface area contributed by atoms with Gasteiger partial charge in [-0.2, -0.15) is 0 Å². The second-order valence-electron chi connectivity index (χ2n) is 6.78. The van der Waals surface area contributed by atoms with Crippen LogP contribution in [0.4, 0.5) is 0 Å². The maximum atomic E-state index is 6.44. The highest BCUT2D eigenvalue weighted by atomic mass is 16.5. The summed E-state index contributed by atoms with van der Waals surface area (Å²) in [5.74, 6) is 1.73. The van der Waals surface area contributed by atoms with Crippen molar-refractivity contribution in [2.45, 2.75) is 84.8 Å². The highest BCUT2D eigenvalue weighted by Crippen LogP contribution is 2.38. The van der Waals surface area contributed by atoms with Crippen LogP contribution in [0.15, 0.2) is 0 Å². The zero-order valence-corrected chi connectivity index (χ0v) is 13.8. The molecule has 114 valence electrons. The number of hydrogen-bond donors (Lipinski definition) is 1. The average Bonchev–Trinajstić information content (AvgIpc) is 2.39. The Morgan fingerprint density at radius 1 is 1.16 bits per heavy atom. The fraction of sp³-hybridized carbons (Fsp3) is 1.00. The monoisotopic (exact) mass is 269 g/mol. The molecule has 1 fully saturated rings. The van der Waals surface area contributed by atoms with Crippen molar-refractivity contribution in [3.63, 3.8) is 0 Å². The number of rotatable bonds is 8. The molecule has 0 amide bonds. The van der Waals surface area contributed by atoms with Crippen molar-refractivity contribution >= 4 is 0 Å². The predicted octanol–water partition coefficient (Wildman–Crippen LogP) is 4.39. The molecule has 2 nitrogen and oxygen atoms in total. The quantitative estimate of drug-likeness (QED) is 0.660. The summed E-state index contributed by atoms with van der Waals surface area (Å²) in [5, 5.41) is 3.59. The zero-order chi connectivity index (χ0) is 14.3. The van der Waals surface area contributed by atoms with Crippen LogP contribution >= 0.6 is 0 Å². The summed E-state index contributed by atoms with van der Waals surface area (Å²) in [6.45, 7) is 13.5. The fourth-order valence-electron chi connectivity index (χ4n) is 3.17. The van der Waals surface area contributed by atoms with Gasteiger partial charge in [-0.3, -0.25) is 0 Å². The molecule has 1 aliphatic rings. The van der Waals surface area contributed by atoms with E-state index in [0.717, 1.165) is 31.3 Å². The van der Waals surface area contributed by atoms with Gasteiger partial charge in [0, 0.05) is 6.54 Å². The number of nitrogens with one attached hydrogen (secondary N) is 1. The van der Waals surface area contributed by atoms with Crippen molar-refractivity contribution in [3.05, 3.63) is 0 Å². The van der Waals surface area contributed by atoms with Crippen molar-refractivity contribution in [2.24, 2.45) is 11.8 Å². The minimum absolute atomic E-state index is 0.107. The lowest BCUT2D eigenvalue weighted by Gasteiger charge is -2.43. The lowest BCUT2D eigenvalue weighted by Crippen LogP contribution is -2.48. The smallest absolute Gasteiger partial charge is 0.0810 e. The van der Waals surface area contributed by atoms with Gasteiger partial charge in [-0.25, -0.2) is 0 Å². The van der Waals surface area contributed by atoms with Gasteiger partial charge in [0.15, 0.2) is 0 Å². The molecule has 1 saturated carbocycles. The summed E-state index contributed by atoms with van der Waals surface area (Å²) >= 11 is 0. The van der Waals surface area contributed by atoms with E-state index in [4.69, 9.17) is 4.74 Å². The first kappa shape index (κ1) is 17.0. The summed E-state index contributed by atoms with van der Waals surface area (Å²) in [6.07, 6.45) is 7.84. The first-order valence-electron chi connectivity index (χ1n) is 8.41. The molecule has 19 heavy (non-hydrogen) atoms. The van der Waals surface area contributed by atoms with Crippen molar-refractivity contribution < 1.29 is 4.74 Å². The Morgan fingerprint density at radius 3 is 2.26 bits per heavy atom. The van der Waals surface area contributed by atoms with E-state index in [-0.39, 0.29) is 5.60 Å². The van der Waals surface area contributed by atoms with E-state index in [1.54, 1.807) is 0 Å². The van der Waals surface area contributed by atoms with Gasteiger partial charge in [-0.05, 0) is 63.8 Å². The van der Waals surface area contributed by atoms with E-state index in [9.17, 15) is 0 Å². The Balaban J connectivity index is 2.56. The summed E-state index contributed by atoms with van der Waals surface area (Å²) < 4.78 is 6.44. The highest BCUT2D eigenvalue weighted by molar-refractivity contribution is 4.90. The first-order valence-corrected chi connectivity index (χ1v) is 8.41. The molecular formula is C17H35NO. The van der Waals surface area contributed by atoms with Crippen LogP contribution in [0.1, 0.15) is 73.1 Å². The third kappa shape index (κ3) is 5.43. The zero-order valence-electron chi connectivity index (χ0n) is 13.8. The molecule has 0 aliphatic heterocycles. The van der Waals surface area contributed by atoms with Crippen LogP contribution < -0.4 is 5.32 Å². The Kier molecular flexibility index (Phi) is 7.38. The molecule has 0 aromatic heterocycles. The van der Waals surface area contributed by atoms with Gasteiger partial charge >= 0.3 is 0 Å². The predicted molar refractivity (Wildman–Crippen MR) is 83.5 cm³/mol. The van der Waals surface area contributed by atoms with Gasteiger partial charge in [0.05, 0.1) is 11.7 Å². The molecule has 0 heterocycles. The molecule has 1 unspecified atom stereocenters. The molecule has 0 aromatic carbocycles. The highest BCUT2D eigenvalue weighted by Gasteiger charge is 2.37. The van der Waals surface area contributed by atoms with Crippen LogP contribution in [0.2, 0.25) is 0 Å². The molecular weight excluding hydrogens is 234 g/mol. The Hall–Kier alpha value is -0.0800. The molecule has 0 saturated heterocycles. The molecule has 1 rings (SSSR count). The largest absolute Gasteiger partial charge is 0.371 e. The van der Waals surface area contributed by atoms with Gasteiger partial charge in [-0.1, -0.05) is 27.7 Å². The topological polar surface area (TPSA) is 21.3 Å². The first-order chi connectivity index (χ1) is 9.03. The maximum Gasteiger partial charge on any atom is 0.0810 e. The number of ether oxygens (including phenoxy) is 1. The molecule has 0 radical (unpaired) electrons. The molecule has 1 N–H and O–H groups in total. The third-order valence-electron chi connectivity index (χ3n) is 4.78. The van der Waals surface area contributed by atoms with E-state index >= 15 is 0 Å². The van der Waals surface area contributed by atoms with Gasteiger partial charge in [0.25, 0.3) is 0 Å². The maximum absolute atomic E-state index is 6.44. The van der Waals surface area contributed by atoms with Crippen molar-refractivity contribution in [2.75, 3.05) is 13.1 Å². The second-order valence-corrected chi connectivity index (χ2v) is 6.78. The summed E-state index contributed by atoms with van der Waals surface area (Å²) in [4.78, 5) is 0. The van der Waals surface area contributed by atoms with E-state index in [1.807, 2.05) is 0 Å². The van der Waals surface area contributed by atoms with Crippen molar-refractivity contribution in [1.82, 2.24) is 5.32 Å². The summed E-state index contributed by atoms with van der Waals surface area (Å²) in [5.41, 5.74) is 0.107. The third-order valence-corrected chi connectivity index (χ3v) is 4.78. The van der Waals surface area contributed by atoms with Crippen LogP contribution in [0.25, 0.3) is 0 Å². The van der Waals surface area contributed by atoms with Crippen LogP contribution in [-0.2, 0) is 4.74 Å². The van der Waals surface area contributed by atoms with E-state index in [0.29, 0.717) is 6.10 Å². The minimum Gasteiger partial charge on any atom is -0.371 e. The van der Waals surface area contributed by atoms with E-state index in [1.165, 1.54) is 32.1 Å². The average molecular weight is 269 g/mol. The van der Waals surface area contributed by atoms with Crippen molar-refractivity contribution in [1.29, 1.82) is 0 Å². The molecule has 0 aromatic rings. The van der Waals surface area contributed by atoms with Gasteiger partial charge in [-0.15, -0.1) is 0 Å². The van der Waals surface area contributed by atoms with Gasteiger partial charge in [0.1, 0.15) is 0 Å². The van der Waals surface area contributed by atoms with Crippen LogP contribution in [0, 0.1) is 11.8 Å². The van der Waals surface area contributed by atoms with Crippen molar-refractivity contribution in [3.8, 4) is 0 Å². The lowest BCUT2D eigenvalue weighted by atomic mass is 9.74. The Bertz CT molecular complexity index is 231. The molecule has 2 heteroatoms.